The molecule has 1 N–H and O–H groups in total. The van der Waals surface area contributed by atoms with Crippen LogP contribution >= 0.6 is 15.9 Å². The highest BCUT2D eigenvalue weighted by molar-refractivity contribution is 9.10. The first-order valence-corrected chi connectivity index (χ1v) is 6.89. The van der Waals surface area contributed by atoms with E-state index in [2.05, 4.69) is 15.9 Å². The molecule has 1 aromatic carbocycles. The number of aromatic hydroxyl groups is 1. The molecule has 4 nitrogen and oxygen atoms in total. The first-order chi connectivity index (χ1) is 8.95. The Morgan fingerprint density at radius 3 is 2.74 bits per heavy atom. The van der Waals surface area contributed by atoms with Crippen molar-refractivity contribution in [2.45, 2.75) is 20.3 Å². The molecule has 1 aromatic rings. The minimum Gasteiger partial charge on any atom is -0.507 e. The fraction of sp³-hybridized carbons (Fsp3) is 0.429. The molecule has 0 heterocycles. The summed E-state index contributed by atoms with van der Waals surface area (Å²) in [6.45, 7) is 5.04. The molecule has 5 heteroatoms. The molecule has 1 rings (SSSR count). The summed E-state index contributed by atoms with van der Waals surface area (Å²) >= 11 is 3.18. The third-order valence-electron chi connectivity index (χ3n) is 2.56. The SMILES string of the molecule is CC(C)CN(CCC#N)C(=O)c1ccc(Br)c(O)c1. The summed E-state index contributed by atoms with van der Waals surface area (Å²) in [6, 6.07) is 6.78. The number of carbonyl (C=O) groups excluding carboxylic acids is 1. The van der Waals surface area contributed by atoms with Gasteiger partial charge in [-0.05, 0) is 40.0 Å². The summed E-state index contributed by atoms with van der Waals surface area (Å²) in [5.41, 5.74) is 0.430. The smallest absolute Gasteiger partial charge is 0.254 e. The van der Waals surface area contributed by atoms with E-state index >= 15 is 0 Å². The number of hydrogen-bond donors (Lipinski definition) is 1. The highest BCUT2D eigenvalue weighted by atomic mass is 79.9. The summed E-state index contributed by atoms with van der Waals surface area (Å²) in [7, 11) is 0. The Hall–Kier alpha value is -1.54. The normalized spacial score (nSPS) is 10.3. The highest BCUT2D eigenvalue weighted by Crippen LogP contribution is 2.25. The summed E-state index contributed by atoms with van der Waals surface area (Å²) in [6.07, 6.45) is 0.307. The van der Waals surface area contributed by atoms with Crippen molar-refractivity contribution in [2.24, 2.45) is 5.92 Å². The van der Waals surface area contributed by atoms with Crippen LogP contribution in [0.3, 0.4) is 0 Å². The molecule has 0 saturated heterocycles. The van der Waals surface area contributed by atoms with Gasteiger partial charge in [0.1, 0.15) is 5.75 Å². The van der Waals surface area contributed by atoms with Gasteiger partial charge in [-0.3, -0.25) is 4.79 Å². The van der Waals surface area contributed by atoms with Gasteiger partial charge in [0.15, 0.2) is 0 Å². The number of nitriles is 1. The van der Waals surface area contributed by atoms with E-state index in [0.29, 0.717) is 35.5 Å². The third kappa shape index (κ3) is 4.56. The molecule has 0 bridgehead atoms. The molecule has 0 unspecified atom stereocenters. The zero-order chi connectivity index (χ0) is 14.4. The van der Waals surface area contributed by atoms with Crippen LogP contribution in [0.4, 0.5) is 0 Å². The maximum absolute atomic E-state index is 12.3. The van der Waals surface area contributed by atoms with E-state index in [9.17, 15) is 9.90 Å². The minimum atomic E-state index is -0.160. The number of halogens is 1. The fourth-order valence-electron chi connectivity index (χ4n) is 1.73. The van der Waals surface area contributed by atoms with E-state index in [1.165, 1.54) is 6.07 Å². The van der Waals surface area contributed by atoms with Crippen molar-refractivity contribution in [3.63, 3.8) is 0 Å². The van der Waals surface area contributed by atoms with Gasteiger partial charge in [0.05, 0.1) is 17.0 Å². The van der Waals surface area contributed by atoms with Crippen molar-refractivity contribution in [3.8, 4) is 11.8 Å². The van der Waals surface area contributed by atoms with Crippen LogP contribution in [0.2, 0.25) is 0 Å². The Balaban J connectivity index is 2.91. The molecule has 0 spiro atoms. The van der Waals surface area contributed by atoms with Crippen molar-refractivity contribution in [1.29, 1.82) is 5.26 Å². The average molecular weight is 325 g/mol. The zero-order valence-corrected chi connectivity index (χ0v) is 12.6. The van der Waals surface area contributed by atoms with Crippen LogP contribution in [-0.2, 0) is 0 Å². The Bertz CT molecular complexity index is 495. The lowest BCUT2D eigenvalue weighted by Gasteiger charge is -2.23. The van der Waals surface area contributed by atoms with E-state index in [1.54, 1.807) is 17.0 Å². The number of phenolic OH excluding ortho intramolecular Hbond substituents is 1. The summed E-state index contributed by atoms with van der Waals surface area (Å²) < 4.78 is 0.552. The molecular formula is C14H17BrN2O2. The van der Waals surface area contributed by atoms with Gasteiger partial charge in [-0.15, -0.1) is 0 Å². The Labute approximate surface area is 121 Å². The number of rotatable bonds is 5. The highest BCUT2D eigenvalue weighted by Gasteiger charge is 2.17. The van der Waals surface area contributed by atoms with Gasteiger partial charge >= 0.3 is 0 Å². The molecule has 19 heavy (non-hydrogen) atoms. The van der Waals surface area contributed by atoms with Gasteiger partial charge in [-0.1, -0.05) is 13.8 Å². The third-order valence-corrected chi connectivity index (χ3v) is 3.23. The molecule has 0 aromatic heterocycles. The van der Waals surface area contributed by atoms with Crippen LogP contribution in [0.25, 0.3) is 0 Å². The van der Waals surface area contributed by atoms with Gasteiger partial charge in [0, 0.05) is 18.7 Å². The predicted octanol–water partition coefficient (Wildman–Crippen LogP) is 3.17. The van der Waals surface area contributed by atoms with Crippen molar-refractivity contribution in [2.75, 3.05) is 13.1 Å². The summed E-state index contributed by atoms with van der Waals surface area (Å²) in [4.78, 5) is 14.0. The number of hydrogen-bond acceptors (Lipinski definition) is 3. The van der Waals surface area contributed by atoms with Gasteiger partial charge < -0.3 is 10.0 Å². The summed E-state index contributed by atoms with van der Waals surface area (Å²) in [5, 5.41) is 18.3. The average Bonchev–Trinajstić information content (AvgIpc) is 2.36. The largest absolute Gasteiger partial charge is 0.507 e. The first-order valence-electron chi connectivity index (χ1n) is 6.10. The zero-order valence-electron chi connectivity index (χ0n) is 11.1. The molecule has 0 radical (unpaired) electrons. The van der Waals surface area contributed by atoms with E-state index < -0.39 is 0 Å². The molecule has 0 atom stereocenters. The van der Waals surface area contributed by atoms with Crippen LogP contribution in [0.1, 0.15) is 30.6 Å². The molecule has 102 valence electrons. The standard InChI is InChI=1S/C14H17BrN2O2/c1-10(2)9-17(7-3-6-16)14(19)11-4-5-12(15)13(18)8-11/h4-5,8,10,18H,3,7,9H2,1-2H3. The Morgan fingerprint density at radius 1 is 1.53 bits per heavy atom. The van der Waals surface area contributed by atoms with E-state index in [-0.39, 0.29) is 11.7 Å². The van der Waals surface area contributed by atoms with Gasteiger partial charge in [-0.25, -0.2) is 0 Å². The predicted molar refractivity (Wildman–Crippen MR) is 76.8 cm³/mol. The van der Waals surface area contributed by atoms with Crippen molar-refractivity contribution in [3.05, 3.63) is 28.2 Å². The quantitative estimate of drug-likeness (QED) is 0.904. The second-order valence-electron chi connectivity index (χ2n) is 4.72. The maximum atomic E-state index is 12.3. The summed E-state index contributed by atoms with van der Waals surface area (Å²) in [5.74, 6) is 0.203. The number of benzene rings is 1. The number of amides is 1. The molecule has 0 saturated carbocycles. The van der Waals surface area contributed by atoms with Gasteiger partial charge in [0.25, 0.3) is 5.91 Å². The number of phenols is 1. The van der Waals surface area contributed by atoms with Crippen LogP contribution in [0, 0.1) is 17.2 Å². The van der Waals surface area contributed by atoms with Crippen LogP contribution < -0.4 is 0 Å². The monoisotopic (exact) mass is 324 g/mol. The fourth-order valence-corrected chi connectivity index (χ4v) is 1.98. The van der Waals surface area contributed by atoms with E-state index in [1.807, 2.05) is 19.9 Å². The number of nitrogens with zero attached hydrogens (tertiary/aromatic N) is 2. The second-order valence-corrected chi connectivity index (χ2v) is 5.57. The van der Waals surface area contributed by atoms with Crippen LogP contribution in [-0.4, -0.2) is 29.0 Å². The van der Waals surface area contributed by atoms with Crippen molar-refractivity contribution >= 4 is 21.8 Å². The van der Waals surface area contributed by atoms with Crippen molar-refractivity contribution in [1.82, 2.24) is 4.90 Å². The number of carbonyl (C=O) groups is 1. The van der Waals surface area contributed by atoms with Gasteiger partial charge in [0.2, 0.25) is 0 Å². The maximum Gasteiger partial charge on any atom is 0.254 e. The Kier molecular flexibility index (Phi) is 5.84. The van der Waals surface area contributed by atoms with Crippen LogP contribution in [0.15, 0.2) is 22.7 Å². The van der Waals surface area contributed by atoms with Crippen molar-refractivity contribution < 1.29 is 9.90 Å². The molecular weight excluding hydrogens is 308 g/mol. The molecule has 0 aliphatic heterocycles. The lowest BCUT2D eigenvalue weighted by atomic mass is 10.1. The second kappa shape index (κ2) is 7.15. The van der Waals surface area contributed by atoms with Crippen LogP contribution in [0.5, 0.6) is 5.75 Å². The molecule has 0 aliphatic carbocycles. The van der Waals surface area contributed by atoms with E-state index in [4.69, 9.17) is 5.26 Å². The van der Waals surface area contributed by atoms with Gasteiger partial charge in [-0.2, -0.15) is 5.26 Å². The lowest BCUT2D eigenvalue weighted by Crippen LogP contribution is -2.35. The minimum absolute atomic E-state index is 0.0376. The van der Waals surface area contributed by atoms with E-state index in [0.717, 1.165) is 0 Å². The topological polar surface area (TPSA) is 64.3 Å². The molecule has 0 aliphatic rings. The molecule has 1 amide bonds. The Morgan fingerprint density at radius 2 is 2.21 bits per heavy atom. The first kappa shape index (κ1) is 15.5. The molecule has 0 fully saturated rings. The lowest BCUT2D eigenvalue weighted by molar-refractivity contribution is 0.0739.